The lowest BCUT2D eigenvalue weighted by Crippen LogP contribution is -2.32. The van der Waals surface area contributed by atoms with Crippen LogP contribution in [-0.4, -0.2) is 38.5 Å². The van der Waals surface area contributed by atoms with E-state index in [1.165, 1.54) is 11.4 Å². The largest absolute Gasteiger partial charge is 0.497 e. The lowest BCUT2D eigenvalue weighted by molar-refractivity contribution is 0.155. The van der Waals surface area contributed by atoms with Gasteiger partial charge in [-0.2, -0.15) is 0 Å². The van der Waals surface area contributed by atoms with E-state index in [9.17, 15) is 13.5 Å². The Morgan fingerprint density at radius 3 is 2.33 bits per heavy atom. The lowest BCUT2D eigenvalue weighted by Gasteiger charge is -2.21. The van der Waals surface area contributed by atoms with Crippen LogP contribution < -0.4 is 4.74 Å². The number of nitrogens with zero attached hydrogens (tertiary/aromatic N) is 1. The Hall–Kier alpha value is -1.89. The van der Waals surface area contributed by atoms with Crippen molar-refractivity contribution in [2.75, 3.05) is 20.7 Å². The summed E-state index contributed by atoms with van der Waals surface area (Å²) in [4.78, 5) is 0. The molecule has 0 aliphatic carbocycles. The molecule has 2 aromatic carbocycles. The SMILES string of the molecule is COc1ccc(C(O)CN(C)S(=O)(=O)Cc2ccccc2C)cc1. The highest BCUT2D eigenvalue weighted by Gasteiger charge is 2.22. The lowest BCUT2D eigenvalue weighted by atomic mass is 10.1. The molecule has 6 heteroatoms. The summed E-state index contributed by atoms with van der Waals surface area (Å²) < 4.78 is 31.3. The molecule has 130 valence electrons. The molecule has 1 unspecified atom stereocenters. The van der Waals surface area contributed by atoms with E-state index in [0.717, 1.165) is 11.1 Å². The van der Waals surface area contributed by atoms with E-state index in [1.807, 2.05) is 25.1 Å². The monoisotopic (exact) mass is 349 g/mol. The van der Waals surface area contributed by atoms with Gasteiger partial charge in [-0.3, -0.25) is 0 Å². The number of aliphatic hydroxyl groups excluding tert-OH is 1. The molecule has 0 heterocycles. The molecule has 0 aromatic heterocycles. The number of rotatable bonds is 7. The van der Waals surface area contributed by atoms with Crippen LogP contribution in [-0.2, 0) is 15.8 Å². The topological polar surface area (TPSA) is 66.8 Å². The van der Waals surface area contributed by atoms with Crippen molar-refractivity contribution in [2.45, 2.75) is 18.8 Å². The van der Waals surface area contributed by atoms with Crippen molar-refractivity contribution in [3.05, 3.63) is 65.2 Å². The first kappa shape index (κ1) is 18.4. The molecule has 0 saturated carbocycles. The van der Waals surface area contributed by atoms with E-state index in [4.69, 9.17) is 4.74 Å². The van der Waals surface area contributed by atoms with Gasteiger partial charge >= 0.3 is 0 Å². The second kappa shape index (κ2) is 7.79. The van der Waals surface area contributed by atoms with Crippen molar-refractivity contribution in [1.82, 2.24) is 4.31 Å². The maximum absolute atomic E-state index is 12.5. The summed E-state index contributed by atoms with van der Waals surface area (Å²) in [5.74, 6) is 0.609. The van der Waals surface area contributed by atoms with Crippen LogP contribution in [0, 0.1) is 6.92 Å². The molecular formula is C18H23NO4S. The molecule has 5 nitrogen and oxygen atoms in total. The molecule has 1 N–H and O–H groups in total. The summed E-state index contributed by atoms with van der Waals surface area (Å²) in [6.45, 7) is 1.89. The highest BCUT2D eigenvalue weighted by atomic mass is 32.2. The van der Waals surface area contributed by atoms with Crippen LogP contribution in [0.15, 0.2) is 48.5 Å². The van der Waals surface area contributed by atoms with E-state index in [2.05, 4.69) is 0 Å². The van der Waals surface area contributed by atoms with Crippen molar-refractivity contribution in [2.24, 2.45) is 0 Å². The summed E-state index contributed by atoms with van der Waals surface area (Å²) in [5.41, 5.74) is 2.35. The fourth-order valence-corrected chi connectivity index (χ4v) is 3.67. The standard InChI is InChI=1S/C18H23NO4S/c1-14-6-4-5-7-16(14)13-24(21,22)19(2)12-18(20)15-8-10-17(23-3)11-9-15/h4-11,18,20H,12-13H2,1-3H3. The van der Waals surface area contributed by atoms with Crippen LogP contribution in [0.3, 0.4) is 0 Å². The number of aryl methyl sites for hydroxylation is 1. The Kier molecular flexibility index (Phi) is 5.99. The molecule has 0 amide bonds. The van der Waals surface area contributed by atoms with E-state index in [1.54, 1.807) is 37.4 Å². The fraction of sp³-hybridized carbons (Fsp3) is 0.333. The van der Waals surface area contributed by atoms with Gasteiger partial charge < -0.3 is 9.84 Å². The zero-order valence-corrected chi connectivity index (χ0v) is 15.0. The molecule has 0 fully saturated rings. The van der Waals surface area contributed by atoms with Crippen molar-refractivity contribution in [3.8, 4) is 5.75 Å². The Balaban J connectivity index is 2.06. The summed E-state index contributed by atoms with van der Waals surface area (Å²) in [7, 11) is -0.450. The van der Waals surface area contributed by atoms with E-state index >= 15 is 0 Å². The van der Waals surface area contributed by atoms with Gasteiger partial charge in [-0.15, -0.1) is 0 Å². The summed E-state index contributed by atoms with van der Waals surface area (Å²) >= 11 is 0. The Labute approximate surface area is 143 Å². The fourth-order valence-electron chi connectivity index (χ4n) is 2.37. The quantitative estimate of drug-likeness (QED) is 0.834. The minimum Gasteiger partial charge on any atom is -0.497 e. The summed E-state index contributed by atoms with van der Waals surface area (Å²) in [5, 5.41) is 10.3. The molecule has 2 aromatic rings. The normalized spacial score (nSPS) is 13.0. The highest BCUT2D eigenvalue weighted by Crippen LogP contribution is 2.20. The molecule has 0 aliphatic rings. The van der Waals surface area contributed by atoms with Crippen molar-refractivity contribution in [3.63, 3.8) is 0 Å². The number of aliphatic hydroxyl groups is 1. The third-order valence-corrected chi connectivity index (χ3v) is 5.78. The van der Waals surface area contributed by atoms with E-state index < -0.39 is 16.1 Å². The summed E-state index contributed by atoms with van der Waals surface area (Å²) in [6, 6.07) is 14.3. The maximum Gasteiger partial charge on any atom is 0.218 e. The van der Waals surface area contributed by atoms with Gasteiger partial charge in [0.2, 0.25) is 10.0 Å². The van der Waals surface area contributed by atoms with Gasteiger partial charge in [0.1, 0.15) is 5.75 Å². The van der Waals surface area contributed by atoms with Crippen molar-refractivity contribution >= 4 is 10.0 Å². The Morgan fingerprint density at radius 2 is 1.75 bits per heavy atom. The van der Waals surface area contributed by atoms with Crippen LogP contribution >= 0.6 is 0 Å². The third-order valence-electron chi connectivity index (χ3n) is 4.00. The first-order chi connectivity index (χ1) is 11.3. The van der Waals surface area contributed by atoms with Crippen molar-refractivity contribution in [1.29, 1.82) is 0 Å². The Bertz CT molecular complexity index is 772. The van der Waals surface area contributed by atoms with Gasteiger partial charge in [-0.1, -0.05) is 36.4 Å². The van der Waals surface area contributed by atoms with E-state index in [0.29, 0.717) is 11.3 Å². The molecule has 0 bridgehead atoms. The summed E-state index contributed by atoms with van der Waals surface area (Å²) in [6.07, 6.45) is -0.896. The van der Waals surface area contributed by atoms with Gasteiger partial charge in [-0.25, -0.2) is 12.7 Å². The average Bonchev–Trinajstić information content (AvgIpc) is 2.56. The number of likely N-dealkylation sites (N-methyl/N-ethyl adjacent to an activating group) is 1. The maximum atomic E-state index is 12.5. The van der Waals surface area contributed by atoms with Crippen LogP contribution in [0.2, 0.25) is 0 Å². The molecule has 0 saturated heterocycles. The van der Waals surface area contributed by atoms with Gasteiger partial charge in [-0.05, 0) is 35.7 Å². The minimum absolute atomic E-state index is 0.000539. The smallest absolute Gasteiger partial charge is 0.218 e. The number of sulfonamides is 1. The molecule has 0 aliphatic heterocycles. The number of benzene rings is 2. The molecule has 2 rings (SSSR count). The van der Waals surface area contributed by atoms with Gasteiger partial charge in [0.05, 0.1) is 19.0 Å². The zero-order valence-electron chi connectivity index (χ0n) is 14.1. The third kappa shape index (κ3) is 4.56. The van der Waals surface area contributed by atoms with Crippen LogP contribution in [0.1, 0.15) is 22.8 Å². The number of ether oxygens (including phenoxy) is 1. The van der Waals surface area contributed by atoms with Crippen LogP contribution in [0.5, 0.6) is 5.75 Å². The van der Waals surface area contributed by atoms with Gasteiger partial charge in [0, 0.05) is 13.6 Å². The molecule has 0 spiro atoms. The van der Waals surface area contributed by atoms with Gasteiger partial charge in [0.25, 0.3) is 0 Å². The van der Waals surface area contributed by atoms with E-state index in [-0.39, 0.29) is 12.3 Å². The first-order valence-corrected chi connectivity index (χ1v) is 9.25. The molecule has 0 radical (unpaired) electrons. The molecule has 24 heavy (non-hydrogen) atoms. The minimum atomic E-state index is -3.50. The van der Waals surface area contributed by atoms with Crippen LogP contribution in [0.4, 0.5) is 0 Å². The number of methoxy groups -OCH3 is 1. The average molecular weight is 349 g/mol. The zero-order chi connectivity index (χ0) is 17.7. The first-order valence-electron chi connectivity index (χ1n) is 7.64. The Morgan fingerprint density at radius 1 is 1.12 bits per heavy atom. The molecule has 1 atom stereocenters. The number of hydrogen-bond acceptors (Lipinski definition) is 4. The van der Waals surface area contributed by atoms with Crippen LogP contribution in [0.25, 0.3) is 0 Å². The second-order valence-corrected chi connectivity index (χ2v) is 7.83. The predicted octanol–water partition coefficient (Wildman–Crippen LogP) is 2.50. The number of hydrogen-bond donors (Lipinski definition) is 1. The second-order valence-electron chi connectivity index (χ2n) is 5.75. The van der Waals surface area contributed by atoms with Gasteiger partial charge in [0.15, 0.2) is 0 Å². The van der Waals surface area contributed by atoms with Crippen molar-refractivity contribution < 1.29 is 18.3 Å². The molecular weight excluding hydrogens is 326 g/mol. The predicted molar refractivity (Wildman–Crippen MR) is 94.4 cm³/mol. The highest BCUT2D eigenvalue weighted by molar-refractivity contribution is 7.88.